The summed E-state index contributed by atoms with van der Waals surface area (Å²) in [6.45, 7) is -0.749. The number of esters is 1. The predicted molar refractivity (Wildman–Crippen MR) is 76.4 cm³/mol. The second kappa shape index (κ2) is 6.66. The molecule has 2 N–H and O–H groups in total. The average Bonchev–Trinajstić information content (AvgIpc) is 2.50. The molecule has 3 nitrogen and oxygen atoms in total. The molecule has 0 heterocycles. The highest BCUT2D eigenvalue weighted by Crippen LogP contribution is 2.36. The number of nitrogens with two attached hydrogens (primary N) is 1. The van der Waals surface area contributed by atoms with Crippen molar-refractivity contribution in [1.82, 2.24) is 0 Å². The van der Waals surface area contributed by atoms with Crippen LogP contribution in [0.1, 0.15) is 27.0 Å². The molecule has 0 radical (unpaired) electrons. The number of alkyl halides is 6. The minimum absolute atomic E-state index is 0.00319. The summed E-state index contributed by atoms with van der Waals surface area (Å²) < 4.78 is 81.3. The van der Waals surface area contributed by atoms with E-state index in [9.17, 15) is 31.1 Å². The fourth-order valence-electron chi connectivity index (χ4n) is 2.00. The quantitative estimate of drug-likeness (QED) is 0.490. The number of benzene rings is 2. The molecule has 0 unspecified atom stereocenters. The van der Waals surface area contributed by atoms with E-state index in [2.05, 4.69) is 0 Å². The van der Waals surface area contributed by atoms with Crippen molar-refractivity contribution in [2.45, 2.75) is 19.0 Å². The second-order valence-corrected chi connectivity index (χ2v) is 5.12. The summed E-state index contributed by atoms with van der Waals surface area (Å²) in [7, 11) is 0. The van der Waals surface area contributed by atoms with Gasteiger partial charge in [-0.15, -0.1) is 0 Å². The molecule has 0 bridgehead atoms. The number of halogens is 6. The zero-order valence-corrected chi connectivity index (χ0v) is 12.4. The Labute approximate surface area is 138 Å². The molecule has 0 amide bonds. The van der Waals surface area contributed by atoms with Gasteiger partial charge in [-0.1, -0.05) is 6.07 Å². The third-order valence-electron chi connectivity index (χ3n) is 3.14. The molecule has 0 saturated carbocycles. The summed E-state index contributed by atoms with van der Waals surface area (Å²) in [6, 6.07) is 6.59. The molecule has 0 aliphatic heterocycles. The molecular weight excluding hydrogens is 352 g/mol. The Hall–Kier alpha value is -2.71. The van der Waals surface area contributed by atoms with Crippen LogP contribution in [0.2, 0.25) is 0 Å². The lowest BCUT2D eigenvalue weighted by Crippen LogP contribution is -2.13. The molecule has 0 aliphatic rings. The standard InChI is InChI=1S/C16H11F6NO2/c17-15(18,19)11-4-9(5-12(7-11)16(20,21)22)8-25-14(24)10-2-1-3-13(23)6-10/h1-7H,8,23H2. The van der Waals surface area contributed by atoms with Gasteiger partial charge in [0.15, 0.2) is 0 Å². The first-order valence-corrected chi connectivity index (χ1v) is 6.78. The maximum absolute atomic E-state index is 12.8. The first-order chi connectivity index (χ1) is 11.5. The van der Waals surface area contributed by atoms with Crippen LogP contribution in [0.5, 0.6) is 0 Å². The number of hydrogen-bond donors (Lipinski definition) is 1. The molecule has 0 aromatic heterocycles. The minimum Gasteiger partial charge on any atom is -0.457 e. The van der Waals surface area contributed by atoms with Gasteiger partial charge >= 0.3 is 18.3 Å². The second-order valence-electron chi connectivity index (χ2n) is 5.12. The van der Waals surface area contributed by atoms with Crippen LogP contribution in [0.25, 0.3) is 0 Å². The maximum Gasteiger partial charge on any atom is 0.416 e. The lowest BCUT2D eigenvalue weighted by atomic mass is 10.1. The Morgan fingerprint density at radius 1 is 0.920 bits per heavy atom. The fourth-order valence-corrected chi connectivity index (χ4v) is 2.00. The SMILES string of the molecule is Nc1cccc(C(=O)OCc2cc(C(F)(F)F)cc(C(F)(F)F)c2)c1. The van der Waals surface area contributed by atoms with Crippen LogP contribution in [-0.2, 0) is 23.7 Å². The van der Waals surface area contributed by atoms with E-state index in [1.165, 1.54) is 24.3 Å². The van der Waals surface area contributed by atoms with Crippen molar-refractivity contribution in [3.05, 3.63) is 64.7 Å². The van der Waals surface area contributed by atoms with Gasteiger partial charge in [0.25, 0.3) is 0 Å². The molecule has 25 heavy (non-hydrogen) atoms. The Bertz CT molecular complexity index is 751. The Balaban J connectivity index is 2.25. The van der Waals surface area contributed by atoms with Crippen molar-refractivity contribution in [2.75, 3.05) is 5.73 Å². The molecule has 0 aliphatic carbocycles. The Morgan fingerprint density at radius 2 is 1.48 bits per heavy atom. The topological polar surface area (TPSA) is 52.3 Å². The first kappa shape index (κ1) is 18.6. The molecule has 9 heteroatoms. The van der Waals surface area contributed by atoms with Crippen LogP contribution in [0, 0.1) is 0 Å². The van der Waals surface area contributed by atoms with Crippen LogP contribution < -0.4 is 5.73 Å². The van der Waals surface area contributed by atoms with Crippen LogP contribution >= 0.6 is 0 Å². The van der Waals surface area contributed by atoms with Gasteiger partial charge in [-0.25, -0.2) is 4.79 Å². The molecule has 2 aromatic rings. The van der Waals surface area contributed by atoms with Gasteiger partial charge < -0.3 is 10.5 Å². The Kier molecular flexibility index (Phi) is 4.96. The normalized spacial score (nSPS) is 12.1. The van der Waals surface area contributed by atoms with Gasteiger partial charge in [-0.2, -0.15) is 26.3 Å². The van der Waals surface area contributed by atoms with E-state index in [0.717, 1.165) is 0 Å². The lowest BCUT2D eigenvalue weighted by Gasteiger charge is -2.14. The summed E-state index contributed by atoms with van der Waals surface area (Å²) in [5.41, 5.74) is 2.39. The summed E-state index contributed by atoms with van der Waals surface area (Å²) in [4.78, 5) is 11.8. The maximum atomic E-state index is 12.8. The highest BCUT2D eigenvalue weighted by molar-refractivity contribution is 5.90. The van der Waals surface area contributed by atoms with Crippen molar-refractivity contribution in [2.24, 2.45) is 0 Å². The third-order valence-corrected chi connectivity index (χ3v) is 3.14. The third kappa shape index (κ3) is 4.88. The highest BCUT2D eigenvalue weighted by atomic mass is 19.4. The van der Waals surface area contributed by atoms with Gasteiger partial charge in [0.1, 0.15) is 6.61 Å². The van der Waals surface area contributed by atoms with Crippen LogP contribution in [0.15, 0.2) is 42.5 Å². The molecule has 0 saturated heterocycles. The van der Waals surface area contributed by atoms with E-state index in [0.29, 0.717) is 12.1 Å². The number of anilines is 1. The molecule has 0 spiro atoms. The van der Waals surface area contributed by atoms with Crippen LogP contribution in [0.4, 0.5) is 32.0 Å². The van der Waals surface area contributed by atoms with Crippen molar-refractivity contribution in [3.63, 3.8) is 0 Å². The number of hydrogen-bond acceptors (Lipinski definition) is 3. The zero-order chi connectivity index (χ0) is 18.8. The van der Waals surface area contributed by atoms with E-state index in [1.54, 1.807) is 0 Å². The summed E-state index contributed by atoms with van der Waals surface area (Å²) >= 11 is 0. The molecule has 0 atom stereocenters. The summed E-state index contributed by atoms with van der Waals surface area (Å²) in [5.74, 6) is -0.918. The van der Waals surface area contributed by atoms with E-state index in [-0.39, 0.29) is 17.3 Å². The highest BCUT2D eigenvalue weighted by Gasteiger charge is 2.36. The minimum atomic E-state index is -4.96. The fraction of sp³-hybridized carbons (Fsp3) is 0.188. The van der Waals surface area contributed by atoms with Gasteiger partial charge in [0.2, 0.25) is 0 Å². The molecule has 2 rings (SSSR count). The number of ether oxygens (including phenoxy) is 1. The first-order valence-electron chi connectivity index (χ1n) is 6.78. The number of rotatable bonds is 3. The van der Waals surface area contributed by atoms with E-state index < -0.39 is 41.6 Å². The lowest BCUT2D eigenvalue weighted by molar-refractivity contribution is -0.143. The molecule has 0 fully saturated rings. The molecular formula is C16H11F6NO2. The largest absolute Gasteiger partial charge is 0.457 e. The van der Waals surface area contributed by atoms with Crippen LogP contribution in [0.3, 0.4) is 0 Å². The van der Waals surface area contributed by atoms with Crippen molar-refractivity contribution in [1.29, 1.82) is 0 Å². The Morgan fingerprint density at radius 3 is 1.96 bits per heavy atom. The van der Waals surface area contributed by atoms with Crippen LogP contribution in [-0.4, -0.2) is 5.97 Å². The van der Waals surface area contributed by atoms with E-state index in [1.807, 2.05) is 0 Å². The average molecular weight is 363 g/mol. The van der Waals surface area contributed by atoms with Gasteiger partial charge in [0.05, 0.1) is 16.7 Å². The summed E-state index contributed by atoms with van der Waals surface area (Å²) in [5, 5.41) is 0. The van der Waals surface area contributed by atoms with Crippen molar-refractivity contribution < 1.29 is 35.9 Å². The smallest absolute Gasteiger partial charge is 0.416 e. The van der Waals surface area contributed by atoms with Crippen molar-refractivity contribution in [3.8, 4) is 0 Å². The van der Waals surface area contributed by atoms with Gasteiger partial charge in [0, 0.05) is 5.69 Å². The zero-order valence-electron chi connectivity index (χ0n) is 12.4. The number of nitrogen functional groups attached to an aromatic ring is 1. The number of carbonyl (C=O) groups excluding carboxylic acids is 1. The van der Waals surface area contributed by atoms with Gasteiger partial charge in [-0.05, 0) is 42.0 Å². The van der Waals surface area contributed by atoms with Gasteiger partial charge in [-0.3, -0.25) is 0 Å². The molecule has 134 valence electrons. The number of carbonyl (C=O) groups is 1. The monoisotopic (exact) mass is 363 g/mol. The van der Waals surface area contributed by atoms with Crippen molar-refractivity contribution >= 4 is 11.7 Å². The summed E-state index contributed by atoms with van der Waals surface area (Å²) in [6.07, 6.45) is -9.93. The van der Waals surface area contributed by atoms with E-state index >= 15 is 0 Å². The molecule has 2 aromatic carbocycles. The van der Waals surface area contributed by atoms with E-state index in [4.69, 9.17) is 10.5 Å². The predicted octanol–water partition coefficient (Wildman–Crippen LogP) is 4.66.